The van der Waals surface area contributed by atoms with Gasteiger partial charge in [-0.1, -0.05) is 78.6 Å². The van der Waals surface area contributed by atoms with Gasteiger partial charge in [0.15, 0.2) is 0 Å². The van der Waals surface area contributed by atoms with Crippen LogP contribution >= 0.6 is 0 Å². The summed E-state index contributed by atoms with van der Waals surface area (Å²) >= 11 is 0. The maximum Gasteiger partial charge on any atom is 0.0921 e. The Balaban J connectivity index is 2.47. The summed E-state index contributed by atoms with van der Waals surface area (Å²) < 4.78 is 0. The van der Waals surface area contributed by atoms with Crippen molar-refractivity contribution in [3.8, 4) is 11.8 Å². The number of rotatable bonds is 4. The lowest BCUT2D eigenvalue weighted by atomic mass is 10.1. The predicted octanol–water partition coefficient (Wildman–Crippen LogP) is 3.69. The summed E-state index contributed by atoms with van der Waals surface area (Å²) in [5, 5.41) is 0. The molecule has 0 fully saturated rings. The van der Waals surface area contributed by atoms with E-state index in [-0.39, 0.29) is 6.04 Å². The van der Waals surface area contributed by atoms with Crippen LogP contribution in [0.25, 0.3) is 0 Å². The molecular weight excluding hydrogens is 218 g/mol. The van der Waals surface area contributed by atoms with Gasteiger partial charge in [-0.25, -0.2) is 0 Å². The van der Waals surface area contributed by atoms with Crippen molar-refractivity contribution in [1.29, 1.82) is 0 Å². The zero-order valence-electron chi connectivity index (χ0n) is 10.8. The summed E-state index contributed by atoms with van der Waals surface area (Å²) in [6.07, 6.45) is 10.2. The molecule has 1 rings (SSSR count). The highest BCUT2D eigenvalue weighted by Gasteiger charge is 1.99. The van der Waals surface area contributed by atoms with E-state index in [9.17, 15) is 0 Å². The first-order valence-electron chi connectivity index (χ1n) is 5.99. The molecule has 1 unspecified atom stereocenters. The van der Waals surface area contributed by atoms with Crippen LogP contribution in [0.4, 0.5) is 0 Å². The van der Waals surface area contributed by atoms with Crippen molar-refractivity contribution in [2.45, 2.75) is 19.4 Å². The van der Waals surface area contributed by atoms with Crippen LogP contribution in [0.2, 0.25) is 0 Å². The Bertz CT molecular complexity index is 481. The smallest absolute Gasteiger partial charge is 0.0921 e. The minimum Gasteiger partial charge on any atom is -0.314 e. The molecule has 0 amide bonds. The van der Waals surface area contributed by atoms with E-state index in [2.05, 4.69) is 37.5 Å². The van der Waals surface area contributed by atoms with Gasteiger partial charge in [0, 0.05) is 6.42 Å². The molecule has 0 heterocycles. The molecule has 0 saturated heterocycles. The maximum atomic E-state index is 5.98. The average molecular weight is 237 g/mol. The van der Waals surface area contributed by atoms with Gasteiger partial charge in [-0.3, -0.25) is 0 Å². The third-order valence-electron chi connectivity index (χ3n) is 2.41. The van der Waals surface area contributed by atoms with Gasteiger partial charge >= 0.3 is 0 Å². The molecule has 18 heavy (non-hydrogen) atoms. The summed E-state index contributed by atoms with van der Waals surface area (Å²) in [4.78, 5) is 0. The van der Waals surface area contributed by atoms with E-state index in [0.29, 0.717) is 6.42 Å². The fraction of sp³-hybridized carbons (Fsp3) is 0.176. The molecule has 0 radical (unpaired) electrons. The van der Waals surface area contributed by atoms with Crippen LogP contribution in [0.3, 0.4) is 0 Å². The summed E-state index contributed by atoms with van der Waals surface area (Å²) in [7, 11) is 0. The highest BCUT2D eigenvalue weighted by molar-refractivity contribution is 5.29. The van der Waals surface area contributed by atoms with E-state index < -0.39 is 0 Å². The van der Waals surface area contributed by atoms with E-state index in [0.717, 1.165) is 5.56 Å². The number of hydrogen-bond donors (Lipinski definition) is 1. The molecule has 2 N–H and O–H groups in total. The molecule has 0 bridgehead atoms. The Morgan fingerprint density at radius 2 is 1.94 bits per heavy atom. The third-order valence-corrected chi connectivity index (χ3v) is 2.41. The molecule has 0 spiro atoms. The summed E-state index contributed by atoms with van der Waals surface area (Å²) in [5.74, 6) is 6.10. The normalized spacial score (nSPS) is 12.3. The van der Waals surface area contributed by atoms with Crippen LogP contribution < -0.4 is 5.73 Å². The van der Waals surface area contributed by atoms with Crippen molar-refractivity contribution < 1.29 is 0 Å². The average Bonchev–Trinajstić information content (AvgIpc) is 2.38. The van der Waals surface area contributed by atoms with Crippen molar-refractivity contribution in [3.05, 3.63) is 72.4 Å². The van der Waals surface area contributed by atoms with E-state index >= 15 is 0 Å². The van der Waals surface area contributed by atoms with E-state index in [1.807, 2.05) is 36.4 Å². The van der Waals surface area contributed by atoms with Crippen LogP contribution in [-0.2, 0) is 0 Å². The number of aryl methyl sites for hydroxylation is 1. The van der Waals surface area contributed by atoms with Crippen LogP contribution in [0, 0.1) is 18.8 Å². The second kappa shape index (κ2) is 8.11. The first-order valence-corrected chi connectivity index (χ1v) is 5.99. The highest BCUT2D eigenvalue weighted by Crippen LogP contribution is 2.10. The largest absolute Gasteiger partial charge is 0.314 e. The maximum absolute atomic E-state index is 5.98. The van der Waals surface area contributed by atoms with E-state index in [1.165, 1.54) is 5.56 Å². The molecule has 1 aromatic carbocycles. The van der Waals surface area contributed by atoms with Gasteiger partial charge < -0.3 is 5.73 Å². The molecule has 0 aliphatic heterocycles. The first kappa shape index (κ1) is 14.0. The molecule has 0 aromatic heterocycles. The topological polar surface area (TPSA) is 26.0 Å². The van der Waals surface area contributed by atoms with E-state index in [4.69, 9.17) is 5.73 Å². The van der Waals surface area contributed by atoms with Gasteiger partial charge in [0.1, 0.15) is 0 Å². The summed E-state index contributed by atoms with van der Waals surface area (Å²) in [6, 6.07) is 7.95. The number of hydrogen-bond acceptors (Lipinski definition) is 1. The summed E-state index contributed by atoms with van der Waals surface area (Å²) in [5.41, 5.74) is 8.27. The van der Waals surface area contributed by atoms with Crippen molar-refractivity contribution in [2.24, 2.45) is 5.73 Å². The lowest BCUT2D eigenvalue weighted by Crippen LogP contribution is -2.07. The zero-order chi connectivity index (χ0) is 13.2. The highest BCUT2D eigenvalue weighted by atomic mass is 14.6. The Morgan fingerprint density at radius 1 is 1.22 bits per heavy atom. The Morgan fingerprint density at radius 3 is 2.61 bits per heavy atom. The molecule has 1 aromatic rings. The quantitative estimate of drug-likeness (QED) is 0.627. The predicted molar refractivity (Wildman–Crippen MR) is 79.0 cm³/mol. The van der Waals surface area contributed by atoms with Crippen molar-refractivity contribution >= 4 is 0 Å². The van der Waals surface area contributed by atoms with Crippen molar-refractivity contribution in [1.82, 2.24) is 0 Å². The third kappa shape index (κ3) is 5.34. The minimum absolute atomic E-state index is 0.206. The molecule has 1 heteroatoms. The molecule has 0 aliphatic rings. The number of benzene rings is 1. The van der Waals surface area contributed by atoms with Gasteiger partial charge in [0.05, 0.1) is 6.04 Å². The van der Waals surface area contributed by atoms with Crippen LogP contribution in [0.15, 0.2) is 61.2 Å². The van der Waals surface area contributed by atoms with Gasteiger partial charge in [-0.05, 0) is 12.5 Å². The van der Waals surface area contributed by atoms with Gasteiger partial charge in [-0.15, -0.1) is 0 Å². The molecular formula is C17H19N. The minimum atomic E-state index is -0.206. The summed E-state index contributed by atoms with van der Waals surface area (Å²) in [6.45, 7) is 5.65. The molecule has 92 valence electrons. The Labute approximate surface area is 110 Å². The van der Waals surface area contributed by atoms with Crippen LogP contribution in [-0.4, -0.2) is 0 Å². The molecule has 0 aliphatic carbocycles. The Kier molecular flexibility index (Phi) is 6.32. The van der Waals surface area contributed by atoms with Crippen molar-refractivity contribution in [2.75, 3.05) is 0 Å². The number of nitrogens with two attached hydrogens (primary N) is 1. The van der Waals surface area contributed by atoms with Gasteiger partial charge in [0.25, 0.3) is 0 Å². The van der Waals surface area contributed by atoms with Gasteiger partial charge in [-0.2, -0.15) is 0 Å². The monoisotopic (exact) mass is 237 g/mol. The molecule has 1 atom stereocenters. The van der Waals surface area contributed by atoms with E-state index in [1.54, 1.807) is 6.08 Å². The molecule has 0 saturated carbocycles. The van der Waals surface area contributed by atoms with Crippen LogP contribution in [0.5, 0.6) is 0 Å². The molecule has 1 nitrogen and oxygen atoms in total. The second-order valence-corrected chi connectivity index (χ2v) is 3.96. The standard InChI is InChI=1S/C17H19N/c1-3-4-5-6-7-8-9-10-17(18)16-13-11-15(2)12-14-16/h3-7,11-14,17H,1,8,18H2,2H3/b5-4-,7-6-. The Hall–Kier alpha value is -2.04. The lowest BCUT2D eigenvalue weighted by Gasteiger charge is -2.04. The van der Waals surface area contributed by atoms with Crippen LogP contribution in [0.1, 0.15) is 23.6 Å². The fourth-order valence-electron chi connectivity index (χ4n) is 1.37. The SMILES string of the molecule is C=C/C=C\C=C/CC#CC(N)c1ccc(C)cc1. The first-order chi connectivity index (χ1) is 8.74. The zero-order valence-corrected chi connectivity index (χ0v) is 10.8. The lowest BCUT2D eigenvalue weighted by molar-refractivity contribution is 0.942. The van der Waals surface area contributed by atoms with Gasteiger partial charge in [0.2, 0.25) is 0 Å². The fourth-order valence-corrected chi connectivity index (χ4v) is 1.37. The van der Waals surface area contributed by atoms with Crippen molar-refractivity contribution in [3.63, 3.8) is 0 Å². The number of allylic oxidation sites excluding steroid dienone is 5. The second-order valence-electron chi connectivity index (χ2n) is 3.96.